The Balaban J connectivity index is 1.78. The zero-order valence-corrected chi connectivity index (χ0v) is 15.2. The Bertz CT molecular complexity index is 1160. The average molecular weight is 360 g/mol. The van der Waals surface area contributed by atoms with Gasteiger partial charge in [-0.2, -0.15) is 5.26 Å². The highest BCUT2D eigenvalue weighted by molar-refractivity contribution is 7.98. The minimum absolute atomic E-state index is 0.667. The zero-order valence-electron chi connectivity index (χ0n) is 14.4. The van der Waals surface area contributed by atoms with Crippen molar-refractivity contribution in [1.82, 2.24) is 14.6 Å². The van der Waals surface area contributed by atoms with Crippen LogP contribution in [0.2, 0.25) is 0 Å². The van der Waals surface area contributed by atoms with Crippen LogP contribution >= 0.6 is 11.8 Å². The fourth-order valence-electron chi connectivity index (χ4n) is 3.00. The summed E-state index contributed by atoms with van der Waals surface area (Å²) in [6.45, 7) is 2.07. The van der Waals surface area contributed by atoms with E-state index in [1.54, 1.807) is 18.9 Å². The molecule has 0 aliphatic heterocycles. The Hall–Kier alpha value is -3.04. The molecule has 0 atom stereocenters. The maximum absolute atomic E-state index is 9.05. The fourth-order valence-corrected chi connectivity index (χ4v) is 3.90. The number of hydrogen-bond donors (Lipinski definition) is 0. The molecule has 4 aromatic rings. The lowest BCUT2D eigenvalue weighted by Gasteiger charge is -2.09. The molecule has 0 spiro atoms. The highest BCUT2D eigenvalue weighted by Gasteiger charge is 2.12. The van der Waals surface area contributed by atoms with E-state index in [1.165, 1.54) is 0 Å². The van der Waals surface area contributed by atoms with Gasteiger partial charge in [0, 0.05) is 17.2 Å². The van der Waals surface area contributed by atoms with Gasteiger partial charge >= 0.3 is 0 Å². The molecule has 2 heterocycles. The summed E-state index contributed by atoms with van der Waals surface area (Å²) in [5, 5.41) is 19.7. The first-order valence-electron chi connectivity index (χ1n) is 8.14. The minimum Gasteiger partial charge on any atom is -0.497 e. The number of fused-ring (bicyclic) bond motifs is 3. The molecule has 5 nitrogen and oxygen atoms in total. The number of benzene rings is 2. The summed E-state index contributed by atoms with van der Waals surface area (Å²) < 4.78 is 7.45. The number of rotatable bonds is 4. The van der Waals surface area contributed by atoms with Crippen LogP contribution in [-0.2, 0) is 5.75 Å². The van der Waals surface area contributed by atoms with Crippen LogP contribution in [0.1, 0.15) is 16.7 Å². The second-order valence-electron chi connectivity index (χ2n) is 5.99. The van der Waals surface area contributed by atoms with Crippen molar-refractivity contribution >= 4 is 28.3 Å². The summed E-state index contributed by atoms with van der Waals surface area (Å²) in [7, 11) is 1.66. The summed E-state index contributed by atoms with van der Waals surface area (Å²) in [6, 6.07) is 17.9. The van der Waals surface area contributed by atoms with Gasteiger partial charge in [0.2, 0.25) is 0 Å². The van der Waals surface area contributed by atoms with Gasteiger partial charge in [0.15, 0.2) is 10.8 Å². The number of hydrogen-bond acceptors (Lipinski definition) is 5. The van der Waals surface area contributed by atoms with Gasteiger partial charge in [-0.25, -0.2) is 0 Å². The topological polar surface area (TPSA) is 63.2 Å². The molecule has 26 heavy (non-hydrogen) atoms. The van der Waals surface area contributed by atoms with Gasteiger partial charge in [0.05, 0.1) is 24.3 Å². The lowest BCUT2D eigenvalue weighted by atomic mass is 10.1. The minimum atomic E-state index is 0.667. The van der Waals surface area contributed by atoms with E-state index in [0.29, 0.717) is 5.56 Å². The molecule has 0 saturated carbocycles. The van der Waals surface area contributed by atoms with Crippen molar-refractivity contribution in [3.8, 4) is 11.8 Å². The Morgan fingerprint density at radius 2 is 2.04 bits per heavy atom. The van der Waals surface area contributed by atoms with E-state index >= 15 is 0 Å². The molecule has 0 radical (unpaired) electrons. The van der Waals surface area contributed by atoms with Crippen LogP contribution < -0.4 is 4.74 Å². The second kappa shape index (κ2) is 6.70. The van der Waals surface area contributed by atoms with Crippen molar-refractivity contribution in [2.24, 2.45) is 0 Å². The first kappa shape index (κ1) is 16.4. The van der Waals surface area contributed by atoms with E-state index < -0.39 is 0 Å². The van der Waals surface area contributed by atoms with Crippen LogP contribution in [-0.4, -0.2) is 21.7 Å². The summed E-state index contributed by atoms with van der Waals surface area (Å²) in [5.74, 6) is 1.52. The molecule has 0 amide bonds. The van der Waals surface area contributed by atoms with Crippen molar-refractivity contribution in [2.75, 3.05) is 7.11 Å². The molecule has 0 aliphatic carbocycles. The number of aryl methyl sites for hydroxylation is 1. The van der Waals surface area contributed by atoms with Gasteiger partial charge in [-0.3, -0.25) is 4.40 Å². The molecule has 128 valence electrons. The third-order valence-electron chi connectivity index (χ3n) is 4.30. The molecule has 0 unspecified atom stereocenters. The van der Waals surface area contributed by atoms with Crippen LogP contribution in [0.15, 0.2) is 53.7 Å². The zero-order chi connectivity index (χ0) is 18.1. The Kier molecular flexibility index (Phi) is 4.23. The first-order valence-corrected chi connectivity index (χ1v) is 9.12. The maximum Gasteiger partial charge on any atom is 0.196 e. The molecule has 2 aromatic heterocycles. The third-order valence-corrected chi connectivity index (χ3v) is 5.30. The molecular weight excluding hydrogens is 344 g/mol. The lowest BCUT2D eigenvalue weighted by molar-refractivity contribution is 0.415. The normalized spacial score (nSPS) is 11.0. The number of nitrogens with zero attached hydrogens (tertiary/aromatic N) is 4. The van der Waals surface area contributed by atoms with E-state index in [-0.39, 0.29) is 0 Å². The van der Waals surface area contributed by atoms with Gasteiger partial charge in [0.25, 0.3) is 0 Å². The van der Waals surface area contributed by atoms with E-state index in [4.69, 9.17) is 10.00 Å². The number of thioether (sulfide) groups is 1. The Morgan fingerprint density at radius 1 is 1.15 bits per heavy atom. The van der Waals surface area contributed by atoms with Gasteiger partial charge in [0.1, 0.15) is 5.75 Å². The van der Waals surface area contributed by atoms with Crippen molar-refractivity contribution in [1.29, 1.82) is 5.26 Å². The summed E-state index contributed by atoms with van der Waals surface area (Å²) in [5.41, 5.74) is 4.75. The lowest BCUT2D eigenvalue weighted by Crippen LogP contribution is -1.95. The van der Waals surface area contributed by atoms with Crippen LogP contribution in [0.5, 0.6) is 5.75 Å². The van der Waals surface area contributed by atoms with Crippen molar-refractivity contribution < 1.29 is 4.74 Å². The molecule has 0 aliphatic rings. The van der Waals surface area contributed by atoms with Crippen molar-refractivity contribution in [2.45, 2.75) is 17.8 Å². The van der Waals surface area contributed by atoms with Gasteiger partial charge in [-0.1, -0.05) is 23.9 Å². The van der Waals surface area contributed by atoms with Crippen LogP contribution in [0, 0.1) is 18.3 Å². The first-order chi connectivity index (χ1) is 12.7. The molecule has 4 rings (SSSR count). The molecule has 0 N–H and O–H groups in total. The highest BCUT2D eigenvalue weighted by Crippen LogP contribution is 2.29. The molecular formula is C20H16N4OS. The Morgan fingerprint density at radius 3 is 2.85 bits per heavy atom. The fraction of sp³-hybridized carbons (Fsp3) is 0.150. The molecule has 0 saturated heterocycles. The van der Waals surface area contributed by atoms with E-state index in [9.17, 15) is 0 Å². The van der Waals surface area contributed by atoms with Gasteiger partial charge in [-0.05, 0) is 48.4 Å². The van der Waals surface area contributed by atoms with Gasteiger partial charge < -0.3 is 4.74 Å². The van der Waals surface area contributed by atoms with E-state index in [2.05, 4.69) is 33.7 Å². The third kappa shape index (κ3) is 2.87. The van der Waals surface area contributed by atoms with E-state index in [0.717, 1.165) is 44.3 Å². The number of methoxy groups -OCH3 is 1. The predicted octanol–water partition coefficient (Wildman–Crippen LogP) is 4.36. The summed E-state index contributed by atoms with van der Waals surface area (Å²) >= 11 is 1.60. The average Bonchev–Trinajstić information content (AvgIpc) is 3.09. The quantitative estimate of drug-likeness (QED) is 0.506. The number of aromatic nitrogens is 3. The number of ether oxygens (including phenoxy) is 1. The molecule has 0 bridgehead atoms. The number of pyridine rings is 1. The van der Waals surface area contributed by atoms with Crippen molar-refractivity contribution in [3.05, 3.63) is 65.2 Å². The highest BCUT2D eigenvalue weighted by atomic mass is 32.2. The predicted molar refractivity (Wildman–Crippen MR) is 103 cm³/mol. The van der Waals surface area contributed by atoms with Crippen LogP contribution in [0.25, 0.3) is 16.6 Å². The van der Waals surface area contributed by atoms with Crippen LogP contribution in [0.4, 0.5) is 0 Å². The van der Waals surface area contributed by atoms with Crippen molar-refractivity contribution in [3.63, 3.8) is 0 Å². The molecule has 6 heteroatoms. The SMILES string of the molecule is COc1ccc2c(C)cc3nnc(SCc4cccc(C#N)c4)n3c2c1. The summed E-state index contributed by atoms with van der Waals surface area (Å²) in [4.78, 5) is 0. The molecule has 2 aromatic carbocycles. The largest absolute Gasteiger partial charge is 0.497 e. The monoisotopic (exact) mass is 360 g/mol. The van der Waals surface area contributed by atoms with Crippen LogP contribution in [0.3, 0.4) is 0 Å². The van der Waals surface area contributed by atoms with E-state index in [1.807, 2.05) is 42.5 Å². The van der Waals surface area contributed by atoms with Gasteiger partial charge in [-0.15, -0.1) is 10.2 Å². The standard InChI is InChI=1S/C20H16N4OS/c1-13-8-19-22-23-20(26-12-15-5-3-4-14(9-15)11-21)24(19)18-10-16(25-2)6-7-17(13)18/h3-10H,12H2,1-2H3. The summed E-state index contributed by atoms with van der Waals surface area (Å²) in [6.07, 6.45) is 0. The maximum atomic E-state index is 9.05. The Labute approximate surface area is 155 Å². The number of nitriles is 1. The second-order valence-corrected chi connectivity index (χ2v) is 6.93. The smallest absolute Gasteiger partial charge is 0.196 e. The molecule has 0 fully saturated rings.